The third-order valence-corrected chi connectivity index (χ3v) is 2.72. The molecular weight excluding hydrogens is 273 g/mol. The van der Waals surface area contributed by atoms with Gasteiger partial charge in [0.05, 0.1) is 10.5 Å². The van der Waals surface area contributed by atoms with Crippen LogP contribution in [-0.2, 0) is 0 Å². The molecule has 0 aliphatic carbocycles. The first-order valence-corrected chi connectivity index (χ1v) is 4.75. The molecule has 0 bridgehead atoms. The van der Waals surface area contributed by atoms with Crippen molar-refractivity contribution in [2.24, 2.45) is 0 Å². The van der Waals surface area contributed by atoms with E-state index in [9.17, 15) is 14.9 Å². The number of rotatable bonds is 2. The van der Waals surface area contributed by atoms with E-state index in [4.69, 9.17) is 11.6 Å². The zero-order chi connectivity index (χ0) is 10.9. The van der Waals surface area contributed by atoms with Crippen LogP contribution in [0.15, 0.2) is 16.6 Å². The number of nitro benzene ring substituents is 1. The number of benzene rings is 1. The second kappa shape index (κ2) is 4.06. The predicted octanol–water partition coefficient (Wildman–Crippen LogP) is 3.04. The Labute approximate surface area is 93.1 Å². The summed E-state index contributed by atoms with van der Waals surface area (Å²) in [7, 11) is 0. The Morgan fingerprint density at radius 2 is 2.14 bits per heavy atom. The maximum atomic E-state index is 10.9. The number of nitro groups is 1. The second-order valence-corrected chi connectivity index (χ2v) is 3.76. The van der Waals surface area contributed by atoms with Crippen molar-refractivity contribution in [3.8, 4) is 0 Å². The lowest BCUT2D eigenvalue weighted by molar-refractivity contribution is -0.386. The number of carbonyl (C=O) groups is 1. The van der Waals surface area contributed by atoms with Gasteiger partial charge < -0.3 is 0 Å². The molecule has 0 spiro atoms. The Morgan fingerprint density at radius 1 is 1.57 bits per heavy atom. The van der Waals surface area contributed by atoms with Crippen molar-refractivity contribution < 1.29 is 9.72 Å². The molecule has 0 heterocycles. The van der Waals surface area contributed by atoms with Crippen molar-refractivity contribution in [3.05, 3.63) is 37.8 Å². The Morgan fingerprint density at radius 3 is 2.57 bits per heavy atom. The van der Waals surface area contributed by atoms with E-state index >= 15 is 0 Å². The van der Waals surface area contributed by atoms with Gasteiger partial charge in [0.15, 0.2) is 0 Å². The summed E-state index contributed by atoms with van der Waals surface area (Å²) in [6.45, 7) is 1.59. The first-order valence-electron chi connectivity index (χ1n) is 3.58. The molecule has 0 unspecified atom stereocenters. The smallest absolute Gasteiger partial charge is 0.276 e. The zero-order valence-electron chi connectivity index (χ0n) is 7.08. The molecule has 14 heavy (non-hydrogen) atoms. The fourth-order valence-corrected chi connectivity index (χ4v) is 2.08. The van der Waals surface area contributed by atoms with Gasteiger partial charge in [-0.05, 0) is 40.5 Å². The first-order chi connectivity index (χ1) is 6.45. The number of nitrogens with zero attached hydrogens (tertiary/aromatic N) is 1. The Kier molecular flexibility index (Phi) is 3.23. The van der Waals surface area contributed by atoms with Crippen molar-refractivity contribution >= 4 is 38.5 Å². The monoisotopic (exact) mass is 277 g/mol. The molecule has 1 aromatic rings. The van der Waals surface area contributed by atoms with Crippen molar-refractivity contribution in [1.82, 2.24) is 0 Å². The molecule has 0 fully saturated rings. The quantitative estimate of drug-likeness (QED) is 0.474. The van der Waals surface area contributed by atoms with Gasteiger partial charge in [-0.2, -0.15) is 0 Å². The number of hydrogen-bond acceptors (Lipinski definition) is 3. The summed E-state index contributed by atoms with van der Waals surface area (Å²) < 4.78 is 0.127. The standard InChI is InChI=1S/C8H5BrClNO3/c1-4-2-3-5(8(10)12)6(9)7(4)11(13)14/h2-3H,1H3. The summed E-state index contributed by atoms with van der Waals surface area (Å²) in [4.78, 5) is 21.0. The van der Waals surface area contributed by atoms with Crippen molar-refractivity contribution in [2.45, 2.75) is 6.92 Å². The first kappa shape index (κ1) is 11.1. The van der Waals surface area contributed by atoms with Crippen LogP contribution in [0.1, 0.15) is 15.9 Å². The fraction of sp³-hybridized carbons (Fsp3) is 0.125. The van der Waals surface area contributed by atoms with Crippen LogP contribution in [-0.4, -0.2) is 10.2 Å². The van der Waals surface area contributed by atoms with Crippen LogP contribution in [0.3, 0.4) is 0 Å². The normalized spacial score (nSPS) is 9.93. The summed E-state index contributed by atoms with van der Waals surface area (Å²) in [6, 6.07) is 2.93. The van der Waals surface area contributed by atoms with Gasteiger partial charge in [0.25, 0.3) is 10.9 Å². The second-order valence-electron chi connectivity index (χ2n) is 2.62. The lowest BCUT2D eigenvalue weighted by atomic mass is 10.1. The van der Waals surface area contributed by atoms with Gasteiger partial charge in [0.1, 0.15) is 4.47 Å². The molecule has 6 heteroatoms. The van der Waals surface area contributed by atoms with Gasteiger partial charge in [-0.25, -0.2) is 0 Å². The number of aryl methyl sites for hydroxylation is 1. The van der Waals surface area contributed by atoms with Crippen LogP contribution < -0.4 is 0 Å². The average molecular weight is 278 g/mol. The van der Waals surface area contributed by atoms with E-state index in [-0.39, 0.29) is 15.7 Å². The molecule has 0 aromatic heterocycles. The van der Waals surface area contributed by atoms with Crippen LogP contribution in [0.5, 0.6) is 0 Å². The molecule has 0 saturated carbocycles. The maximum Gasteiger partial charge on any atom is 0.287 e. The zero-order valence-corrected chi connectivity index (χ0v) is 9.42. The highest BCUT2D eigenvalue weighted by Crippen LogP contribution is 2.32. The molecule has 0 saturated heterocycles. The molecule has 0 aliphatic rings. The molecule has 1 aromatic carbocycles. The van der Waals surface area contributed by atoms with Gasteiger partial charge in [0, 0.05) is 5.56 Å². The van der Waals surface area contributed by atoms with E-state index in [1.165, 1.54) is 12.1 Å². The minimum Gasteiger partial charge on any atom is -0.276 e. The number of carbonyl (C=O) groups excluding carboxylic acids is 1. The highest BCUT2D eigenvalue weighted by Gasteiger charge is 2.21. The third-order valence-electron chi connectivity index (χ3n) is 1.71. The van der Waals surface area contributed by atoms with E-state index < -0.39 is 10.2 Å². The van der Waals surface area contributed by atoms with Crippen LogP contribution in [0, 0.1) is 17.0 Å². The van der Waals surface area contributed by atoms with E-state index in [1.807, 2.05) is 0 Å². The molecule has 1 rings (SSSR count). The Hall–Kier alpha value is -0.940. The van der Waals surface area contributed by atoms with E-state index in [0.717, 1.165) is 0 Å². The molecule has 0 amide bonds. The highest BCUT2D eigenvalue weighted by atomic mass is 79.9. The molecular formula is C8H5BrClNO3. The highest BCUT2D eigenvalue weighted by molar-refractivity contribution is 9.10. The number of halogens is 2. The minimum atomic E-state index is -0.722. The Balaban J connectivity index is 3.49. The van der Waals surface area contributed by atoms with Gasteiger partial charge >= 0.3 is 0 Å². The summed E-state index contributed by atoms with van der Waals surface area (Å²) in [5.74, 6) is 0. The van der Waals surface area contributed by atoms with Gasteiger partial charge in [0.2, 0.25) is 0 Å². The summed E-state index contributed by atoms with van der Waals surface area (Å²) in [6.07, 6.45) is 0. The summed E-state index contributed by atoms with van der Waals surface area (Å²) in [5.41, 5.74) is 0.448. The molecule has 0 N–H and O–H groups in total. The van der Waals surface area contributed by atoms with Gasteiger partial charge in [-0.3, -0.25) is 14.9 Å². The lowest BCUT2D eigenvalue weighted by Gasteiger charge is -2.02. The number of hydrogen-bond donors (Lipinski definition) is 0. The average Bonchev–Trinajstić information content (AvgIpc) is 2.02. The van der Waals surface area contributed by atoms with E-state index in [1.54, 1.807) is 6.92 Å². The molecule has 0 atom stereocenters. The van der Waals surface area contributed by atoms with Gasteiger partial charge in [-0.1, -0.05) is 6.07 Å². The van der Waals surface area contributed by atoms with Crippen LogP contribution in [0.25, 0.3) is 0 Å². The SMILES string of the molecule is Cc1ccc(C(=O)Cl)c(Br)c1[N+](=O)[O-]. The summed E-state index contributed by atoms with van der Waals surface area (Å²) >= 11 is 8.23. The maximum absolute atomic E-state index is 10.9. The predicted molar refractivity (Wildman–Crippen MR) is 55.7 cm³/mol. The largest absolute Gasteiger partial charge is 0.287 e. The van der Waals surface area contributed by atoms with Crippen LogP contribution in [0.2, 0.25) is 0 Å². The topological polar surface area (TPSA) is 60.2 Å². The van der Waals surface area contributed by atoms with Crippen molar-refractivity contribution in [3.63, 3.8) is 0 Å². The third kappa shape index (κ3) is 1.93. The van der Waals surface area contributed by atoms with Crippen LogP contribution >= 0.6 is 27.5 Å². The van der Waals surface area contributed by atoms with Crippen LogP contribution in [0.4, 0.5) is 5.69 Å². The van der Waals surface area contributed by atoms with Crippen molar-refractivity contribution in [2.75, 3.05) is 0 Å². The van der Waals surface area contributed by atoms with Gasteiger partial charge in [-0.15, -0.1) is 0 Å². The fourth-order valence-electron chi connectivity index (χ4n) is 1.04. The Bertz CT molecular complexity index is 419. The molecule has 4 nitrogen and oxygen atoms in total. The molecule has 0 radical (unpaired) electrons. The van der Waals surface area contributed by atoms with E-state index in [2.05, 4.69) is 15.9 Å². The minimum absolute atomic E-state index is 0.101. The van der Waals surface area contributed by atoms with E-state index in [0.29, 0.717) is 5.56 Å². The lowest BCUT2D eigenvalue weighted by Crippen LogP contribution is -1.98. The molecule has 0 aliphatic heterocycles. The van der Waals surface area contributed by atoms with Crippen molar-refractivity contribution in [1.29, 1.82) is 0 Å². The summed E-state index contributed by atoms with van der Waals surface area (Å²) in [5, 5.41) is 9.92. The molecule has 74 valence electrons.